The van der Waals surface area contributed by atoms with E-state index in [1.165, 1.54) is 10.8 Å². The average Bonchev–Trinajstić information content (AvgIpc) is 2.64. The van der Waals surface area contributed by atoms with Crippen molar-refractivity contribution < 1.29 is 4.74 Å². The van der Waals surface area contributed by atoms with Crippen LogP contribution in [0.4, 0.5) is 0 Å². The molecule has 0 atom stereocenters. The van der Waals surface area contributed by atoms with E-state index < -0.39 is 0 Å². The van der Waals surface area contributed by atoms with Gasteiger partial charge < -0.3 is 4.74 Å². The molecule has 1 nitrogen and oxygen atoms in total. The van der Waals surface area contributed by atoms with Gasteiger partial charge in [-0.3, -0.25) is 0 Å². The molecule has 0 radical (unpaired) electrons. The van der Waals surface area contributed by atoms with Crippen molar-refractivity contribution in [1.29, 1.82) is 0 Å². The van der Waals surface area contributed by atoms with E-state index in [1.807, 2.05) is 62.4 Å². The lowest BCUT2D eigenvalue weighted by Crippen LogP contribution is -1.87. The van der Waals surface area contributed by atoms with Crippen molar-refractivity contribution >= 4 is 21.5 Å². The number of rotatable bonds is 2. The Morgan fingerprint density at radius 1 is 0.478 bits per heavy atom. The first-order valence-electron chi connectivity index (χ1n) is 8.05. The maximum atomic E-state index is 6.20. The van der Waals surface area contributed by atoms with Crippen molar-refractivity contribution in [1.82, 2.24) is 0 Å². The summed E-state index contributed by atoms with van der Waals surface area (Å²) in [5.41, 5.74) is 0. The first kappa shape index (κ1) is 15.1. The molecule has 0 unspecified atom stereocenters. The summed E-state index contributed by atoms with van der Waals surface area (Å²) in [5, 5.41) is 4.64. The highest BCUT2D eigenvalue weighted by Crippen LogP contribution is 2.33. The summed E-state index contributed by atoms with van der Waals surface area (Å²) in [6.07, 6.45) is 0. The molecule has 0 bridgehead atoms. The highest BCUT2D eigenvalue weighted by atomic mass is 16.5. The summed E-state index contributed by atoms with van der Waals surface area (Å²) in [6, 6.07) is 28.9. The third kappa shape index (κ3) is 3.04. The number of hydrogen-bond acceptors (Lipinski definition) is 1. The molecule has 0 N–H and O–H groups in total. The zero-order valence-corrected chi connectivity index (χ0v) is 13.5. The van der Waals surface area contributed by atoms with Gasteiger partial charge in [-0.15, -0.1) is 0 Å². The van der Waals surface area contributed by atoms with Gasteiger partial charge in [-0.1, -0.05) is 86.6 Å². The Kier molecular flexibility index (Phi) is 4.58. The van der Waals surface area contributed by atoms with Crippen LogP contribution in [0.1, 0.15) is 13.8 Å². The van der Waals surface area contributed by atoms with Crippen LogP contribution in [0.25, 0.3) is 21.5 Å². The minimum absolute atomic E-state index is 0.893. The minimum atomic E-state index is 0.893. The average molecular weight is 300 g/mol. The Labute approximate surface area is 137 Å². The Balaban J connectivity index is 0.000000753. The van der Waals surface area contributed by atoms with Gasteiger partial charge in [0.2, 0.25) is 0 Å². The molecule has 0 aliphatic heterocycles. The fourth-order valence-corrected chi connectivity index (χ4v) is 2.69. The van der Waals surface area contributed by atoms with Crippen molar-refractivity contribution in [2.45, 2.75) is 13.8 Å². The van der Waals surface area contributed by atoms with Crippen LogP contribution in [0.5, 0.6) is 11.5 Å². The van der Waals surface area contributed by atoms with Gasteiger partial charge in [0.25, 0.3) is 0 Å². The van der Waals surface area contributed by atoms with Crippen molar-refractivity contribution in [3.05, 3.63) is 84.9 Å². The fourth-order valence-electron chi connectivity index (χ4n) is 2.69. The minimum Gasteiger partial charge on any atom is -0.456 e. The molecular weight excluding hydrogens is 280 g/mol. The zero-order chi connectivity index (χ0) is 16.1. The number of fused-ring (bicyclic) bond motifs is 2. The van der Waals surface area contributed by atoms with Crippen LogP contribution in [0.15, 0.2) is 84.9 Å². The molecule has 23 heavy (non-hydrogen) atoms. The van der Waals surface area contributed by atoms with E-state index in [-0.39, 0.29) is 0 Å². The van der Waals surface area contributed by atoms with E-state index >= 15 is 0 Å². The van der Waals surface area contributed by atoms with Gasteiger partial charge in [0.05, 0.1) is 0 Å². The van der Waals surface area contributed by atoms with E-state index in [9.17, 15) is 0 Å². The van der Waals surface area contributed by atoms with Gasteiger partial charge in [-0.05, 0) is 22.9 Å². The summed E-state index contributed by atoms with van der Waals surface area (Å²) in [7, 11) is 0. The van der Waals surface area contributed by atoms with Crippen LogP contribution in [0.2, 0.25) is 0 Å². The molecule has 0 fully saturated rings. The lowest BCUT2D eigenvalue weighted by molar-refractivity contribution is 0.494. The van der Waals surface area contributed by atoms with Gasteiger partial charge in [0, 0.05) is 10.8 Å². The molecular formula is C22H20O. The van der Waals surface area contributed by atoms with Crippen LogP contribution in [-0.2, 0) is 0 Å². The van der Waals surface area contributed by atoms with Gasteiger partial charge >= 0.3 is 0 Å². The van der Waals surface area contributed by atoms with Gasteiger partial charge in [-0.25, -0.2) is 0 Å². The largest absolute Gasteiger partial charge is 0.456 e. The molecule has 0 aliphatic rings. The number of benzene rings is 4. The maximum Gasteiger partial charge on any atom is 0.135 e. The van der Waals surface area contributed by atoms with E-state index in [2.05, 4.69) is 36.4 Å². The highest BCUT2D eigenvalue weighted by Gasteiger charge is 2.05. The van der Waals surface area contributed by atoms with Crippen molar-refractivity contribution in [3.63, 3.8) is 0 Å². The molecule has 0 saturated carbocycles. The van der Waals surface area contributed by atoms with Crippen LogP contribution in [0.3, 0.4) is 0 Å². The van der Waals surface area contributed by atoms with E-state index in [0.717, 1.165) is 22.3 Å². The van der Waals surface area contributed by atoms with Gasteiger partial charge in [0.1, 0.15) is 11.5 Å². The molecule has 4 rings (SSSR count). The second-order valence-corrected chi connectivity index (χ2v) is 5.06. The lowest BCUT2D eigenvalue weighted by Gasteiger charge is -2.11. The lowest BCUT2D eigenvalue weighted by atomic mass is 10.1. The summed E-state index contributed by atoms with van der Waals surface area (Å²) in [4.78, 5) is 0. The SMILES string of the molecule is CC.c1ccc2c(Oc3cccc4ccccc34)cccc2c1. The van der Waals surface area contributed by atoms with Gasteiger partial charge in [0.15, 0.2) is 0 Å². The smallest absolute Gasteiger partial charge is 0.135 e. The summed E-state index contributed by atoms with van der Waals surface area (Å²) in [5.74, 6) is 1.79. The standard InChI is InChI=1S/C20H14O.C2H6/c1-3-11-17-15(7-1)9-5-13-19(17)21-20-14-6-10-16-8-2-4-12-18(16)20;1-2/h1-14H;1-2H3. The molecule has 0 amide bonds. The Morgan fingerprint density at radius 2 is 0.870 bits per heavy atom. The summed E-state index contributed by atoms with van der Waals surface area (Å²) >= 11 is 0. The van der Waals surface area contributed by atoms with E-state index in [4.69, 9.17) is 4.74 Å². The Bertz CT molecular complexity index is 837. The van der Waals surface area contributed by atoms with E-state index in [1.54, 1.807) is 0 Å². The highest BCUT2D eigenvalue weighted by molar-refractivity contribution is 5.91. The fraction of sp³-hybridized carbons (Fsp3) is 0.0909. The first-order valence-corrected chi connectivity index (χ1v) is 8.05. The normalized spacial score (nSPS) is 10.2. The third-order valence-electron chi connectivity index (χ3n) is 3.72. The molecule has 114 valence electrons. The van der Waals surface area contributed by atoms with Crippen LogP contribution >= 0.6 is 0 Å². The first-order chi connectivity index (χ1) is 11.4. The van der Waals surface area contributed by atoms with Gasteiger partial charge in [-0.2, -0.15) is 0 Å². The van der Waals surface area contributed by atoms with E-state index in [0.29, 0.717) is 0 Å². The predicted molar refractivity (Wildman–Crippen MR) is 99.3 cm³/mol. The van der Waals surface area contributed by atoms with Crippen molar-refractivity contribution in [3.8, 4) is 11.5 Å². The summed E-state index contributed by atoms with van der Waals surface area (Å²) in [6.45, 7) is 4.00. The molecule has 0 saturated heterocycles. The second kappa shape index (κ2) is 6.97. The molecule has 4 aromatic carbocycles. The van der Waals surface area contributed by atoms with Crippen LogP contribution in [-0.4, -0.2) is 0 Å². The quantitative estimate of drug-likeness (QED) is 0.395. The molecule has 0 aromatic heterocycles. The molecule has 4 aromatic rings. The number of hydrogen-bond donors (Lipinski definition) is 0. The number of ether oxygens (including phenoxy) is 1. The zero-order valence-electron chi connectivity index (χ0n) is 13.5. The third-order valence-corrected chi connectivity index (χ3v) is 3.72. The van der Waals surface area contributed by atoms with Crippen LogP contribution in [0, 0.1) is 0 Å². The van der Waals surface area contributed by atoms with Crippen LogP contribution < -0.4 is 4.74 Å². The molecule has 0 spiro atoms. The predicted octanol–water partition coefficient (Wildman–Crippen LogP) is 6.81. The molecule has 0 aliphatic carbocycles. The van der Waals surface area contributed by atoms with Crippen molar-refractivity contribution in [2.24, 2.45) is 0 Å². The maximum absolute atomic E-state index is 6.20. The van der Waals surface area contributed by atoms with Crippen molar-refractivity contribution in [2.75, 3.05) is 0 Å². The monoisotopic (exact) mass is 300 g/mol. The topological polar surface area (TPSA) is 9.23 Å². The molecule has 1 heteroatoms. The molecule has 0 heterocycles. The Morgan fingerprint density at radius 3 is 1.35 bits per heavy atom. The summed E-state index contributed by atoms with van der Waals surface area (Å²) < 4.78 is 6.20. The Hall–Kier alpha value is -2.80. The second-order valence-electron chi connectivity index (χ2n) is 5.06.